The molecule has 3 rings (SSSR count). The molecule has 0 spiro atoms. The van der Waals surface area contributed by atoms with Crippen LogP contribution in [0.1, 0.15) is 35.5 Å². The number of aryl methyl sites for hydroxylation is 1. The van der Waals surface area contributed by atoms with Crippen molar-refractivity contribution in [2.75, 3.05) is 20.1 Å². The molecule has 1 N–H and O–H groups in total. The number of carbonyl (C=O) groups excluding carboxylic acids is 1. The van der Waals surface area contributed by atoms with Gasteiger partial charge in [-0.3, -0.25) is 4.79 Å². The Labute approximate surface area is 135 Å². The van der Waals surface area contributed by atoms with E-state index in [-0.39, 0.29) is 5.91 Å². The highest BCUT2D eigenvalue weighted by Gasteiger charge is 2.20. The minimum absolute atomic E-state index is 0.0427. The first-order chi connectivity index (χ1) is 11.1. The monoisotopic (exact) mass is 314 g/mol. The third kappa shape index (κ3) is 3.76. The van der Waals surface area contributed by atoms with Crippen LogP contribution in [0.5, 0.6) is 0 Å². The van der Waals surface area contributed by atoms with E-state index in [0.29, 0.717) is 29.9 Å². The predicted octanol–water partition coefficient (Wildman–Crippen LogP) is 2.26. The molecule has 1 aromatic heterocycles. The van der Waals surface area contributed by atoms with Crippen LogP contribution >= 0.6 is 0 Å². The molecule has 1 saturated heterocycles. The van der Waals surface area contributed by atoms with Gasteiger partial charge < -0.3 is 14.6 Å². The summed E-state index contributed by atoms with van der Waals surface area (Å²) < 4.78 is 5.37. The third-order valence-electron chi connectivity index (χ3n) is 4.35. The number of amides is 1. The molecule has 2 heterocycles. The maximum atomic E-state index is 12.2. The Hall–Kier alpha value is -2.21. The summed E-state index contributed by atoms with van der Waals surface area (Å²) in [5.41, 5.74) is 1.46. The molecule has 1 atom stereocenters. The van der Waals surface area contributed by atoms with E-state index >= 15 is 0 Å². The van der Waals surface area contributed by atoms with E-state index in [9.17, 15) is 4.79 Å². The van der Waals surface area contributed by atoms with Gasteiger partial charge in [-0.25, -0.2) is 0 Å². The number of likely N-dealkylation sites (tertiary alicyclic amines) is 1. The Morgan fingerprint density at radius 3 is 2.74 bits per heavy atom. The first-order valence-electron chi connectivity index (χ1n) is 8.02. The fourth-order valence-electron chi connectivity index (χ4n) is 2.98. The second kappa shape index (κ2) is 6.91. The minimum atomic E-state index is -0.0427. The molecule has 1 fully saturated rings. The summed E-state index contributed by atoms with van der Waals surface area (Å²) in [6, 6.07) is 7.82. The van der Waals surface area contributed by atoms with Gasteiger partial charge in [-0.1, -0.05) is 0 Å². The van der Waals surface area contributed by atoms with Crippen LogP contribution in [-0.4, -0.2) is 47.2 Å². The summed E-state index contributed by atoms with van der Waals surface area (Å²) in [5.74, 6) is 0.955. The molecule has 1 aliphatic rings. The van der Waals surface area contributed by atoms with Crippen molar-refractivity contribution >= 4 is 5.91 Å². The molecule has 0 aliphatic carbocycles. The van der Waals surface area contributed by atoms with Crippen molar-refractivity contribution in [2.24, 2.45) is 0 Å². The fourth-order valence-corrected chi connectivity index (χ4v) is 2.98. The zero-order chi connectivity index (χ0) is 16.2. The standard InChI is InChI=1S/C17H22N4O2/c1-12-19-20-17(23-12)14-7-5-13(6-8-14)16(22)18-10-9-15-4-3-11-21(15)2/h5-8,15H,3-4,9-11H2,1-2H3,(H,18,22). The lowest BCUT2D eigenvalue weighted by Crippen LogP contribution is -2.31. The molecule has 122 valence electrons. The molecule has 0 bridgehead atoms. The molecular weight excluding hydrogens is 292 g/mol. The number of hydrogen-bond acceptors (Lipinski definition) is 5. The molecule has 1 amide bonds. The lowest BCUT2D eigenvalue weighted by Gasteiger charge is -2.19. The molecule has 0 saturated carbocycles. The molecule has 0 radical (unpaired) electrons. The van der Waals surface area contributed by atoms with Gasteiger partial charge in [-0.15, -0.1) is 10.2 Å². The average molecular weight is 314 g/mol. The summed E-state index contributed by atoms with van der Waals surface area (Å²) in [4.78, 5) is 14.5. The number of hydrogen-bond donors (Lipinski definition) is 1. The lowest BCUT2D eigenvalue weighted by atomic mass is 10.1. The highest BCUT2D eigenvalue weighted by molar-refractivity contribution is 5.94. The van der Waals surface area contributed by atoms with Crippen LogP contribution in [0.25, 0.3) is 11.5 Å². The number of rotatable bonds is 5. The van der Waals surface area contributed by atoms with Crippen LogP contribution in [-0.2, 0) is 0 Å². The summed E-state index contributed by atoms with van der Waals surface area (Å²) in [7, 11) is 2.15. The lowest BCUT2D eigenvalue weighted by molar-refractivity contribution is 0.0950. The highest BCUT2D eigenvalue weighted by Crippen LogP contribution is 2.19. The van der Waals surface area contributed by atoms with Crippen molar-refractivity contribution in [3.8, 4) is 11.5 Å². The average Bonchev–Trinajstić information content (AvgIpc) is 3.16. The summed E-state index contributed by atoms with van der Waals surface area (Å²) in [6.45, 7) is 3.62. The number of nitrogens with zero attached hydrogens (tertiary/aromatic N) is 3. The number of benzene rings is 1. The normalized spacial score (nSPS) is 18.3. The van der Waals surface area contributed by atoms with Crippen molar-refractivity contribution in [1.82, 2.24) is 20.4 Å². The smallest absolute Gasteiger partial charge is 0.251 e. The van der Waals surface area contributed by atoms with E-state index in [0.717, 1.165) is 18.5 Å². The van der Waals surface area contributed by atoms with Crippen molar-refractivity contribution in [2.45, 2.75) is 32.2 Å². The molecule has 1 aliphatic heterocycles. The molecule has 1 aromatic carbocycles. The Kier molecular flexibility index (Phi) is 4.71. The molecular formula is C17H22N4O2. The van der Waals surface area contributed by atoms with Crippen LogP contribution in [0.4, 0.5) is 0 Å². The Bertz CT molecular complexity index is 665. The maximum Gasteiger partial charge on any atom is 0.251 e. The summed E-state index contributed by atoms with van der Waals surface area (Å²) >= 11 is 0. The topological polar surface area (TPSA) is 71.3 Å². The van der Waals surface area contributed by atoms with Crippen LogP contribution < -0.4 is 5.32 Å². The quantitative estimate of drug-likeness (QED) is 0.916. The van der Waals surface area contributed by atoms with Gasteiger partial charge >= 0.3 is 0 Å². The van der Waals surface area contributed by atoms with Gasteiger partial charge in [-0.05, 0) is 57.1 Å². The summed E-state index contributed by atoms with van der Waals surface area (Å²) in [6.07, 6.45) is 3.48. The molecule has 23 heavy (non-hydrogen) atoms. The number of carbonyl (C=O) groups is 1. The van der Waals surface area contributed by atoms with Crippen molar-refractivity contribution < 1.29 is 9.21 Å². The maximum absolute atomic E-state index is 12.2. The summed E-state index contributed by atoms with van der Waals surface area (Å²) in [5, 5.41) is 10.8. The minimum Gasteiger partial charge on any atom is -0.421 e. The van der Waals surface area contributed by atoms with E-state index in [4.69, 9.17) is 4.42 Å². The molecule has 2 aromatic rings. The number of aromatic nitrogens is 2. The van der Waals surface area contributed by atoms with Gasteiger partial charge in [0.05, 0.1) is 0 Å². The van der Waals surface area contributed by atoms with Gasteiger partial charge in [0.2, 0.25) is 11.8 Å². The van der Waals surface area contributed by atoms with Crippen LogP contribution in [0, 0.1) is 6.92 Å². The van der Waals surface area contributed by atoms with E-state index in [1.165, 1.54) is 12.8 Å². The van der Waals surface area contributed by atoms with E-state index < -0.39 is 0 Å². The van der Waals surface area contributed by atoms with Crippen LogP contribution in [0.2, 0.25) is 0 Å². The third-order valence-corrected chi connectivity index (χ3v) is 4.35. The molecule has 1 unspecified atom stereocenters. The largest absolute Gasteiger partial charge is 0.421 e. The zero-order valence-corrected chi connectivity index (χ0v) is 13.6. The second-order valence-electron chi connectivity index (χ2n) is 6.02. The first-order valence-corrected chi connectivity index (χ1v) is 8.02. The van der Waals surface area contributed by atoms with Crippen molar-refractivity contribution in [1.29, 1.82) is 0 Å². The Morgan fingerprint density at radius 1 is 1.35 bits per heavy atom. The SMILES string of the molecule is Cc1nnc(-c2ccc(C(=O)NCCC3CCCN3C)cc2)o1. The van der Waals surface area contributed by atoms with Crippen LogP contribution in [0.15, 0.2) is 28.7 Å². The van der Waals surface area contributed by atoms with E-state index in [1.54, 1.807) is 19.1 Å². The fraction of sp³-hybridized carbons (Fsp3) is 0.471. The molecule has 6 heteroatoms. The number of nitrogens with one attached hydrogen (secondary N) is 1. The zero-order valence-electron chi connectivity index (χ0n) is 13.6. The molecule has 6 nitrogen and oxygen atoms in total. The van der Waals surface area contributed by atoms with Gasteiger partial charge in [0, 0.05) is 30.6 Å². The van der Waals surface area contributed by atoms with Gasteiger partial charge in [0.1, 0.15) is 0 Å². The van der Waals surface area contributed by atoms with Gasteiger partial charge in [0.15, 0.2) is 0 Å². The van der Waals surface area contributed by atoms with Crippen molar-refractivity contribution in [3.05, 3.63) is 35.7 Å². The van der Waals surface area contributed by atoms with E-state index in [1.807, 2.05) is 12.1 Å². The first kappa shape index (κ1) is 15.7. The Morgan fingerprint density at radius 2 is 2.13 bits per heavy atom. The van der Waals surface area contributed by atoms with E-state index in [2.05, 4.69) is 27.5 Å². The predicted molar refractivity (Wildman–Crippen MR) is 87.1 cm³/mol. The van der Waals surface area contributed by atoms with Crippen LogP contribution in [0.3, 0.4) is 0 Å². The second-order valence-corrected chi connectivity index (χ2v) is 6.02. The highest BCUT2D eigenvalue weighted by atomic mass is 16.4. The Balaban J connectivity index is 1.53. The van der Waals surface area contributed by atoms with Gasteiger partial charge in [-0.2, -0.15) is 0 Å². The van der Waals surface area contributed by atoms with Crippen molar-refractivity contribution in [3.63, 3.8) is 0 Å². The van der Waals surface area contributed by atoms with Gasteiger partial charge in [0.25, 0.3) is 5.91 Å².